The summed E-state index contributed by atoms with van der Waals surface area (Å²) in [5, 5.41) is 1.38. The van der Waals surface area contributed by atoms with Crippen molar-refractivity contribution in [2.24, 2.45) is 0 Å². The largest absolute Gasteiger partial charge is 0.333 e. The van der Waals surface area contributed by atoms with Gasteiger partial charge in [0.1, 0.15) is 0 Å². The molecule has 0 amide bonds. The van der Waals surface area contributed by atoms with Gasteiger partial charge in [-0.1, -0.05) is 0 Å². The fraction of sp³-hybridized carbons (Fsp3) is 0. The highest BCUT2D eigenvalue weighted by Gasteiger charge is 2.22. The predicted molar refractivity (Wildman–Crippen MR) is 30.8 cm³/mol. The predicted octanol–water partition coefficient (Wildman–Crippen LogP) is 2.66. The molecular formula is C6H2F5N. The zero-order chi connectivity index (χ0) is 9.30. The lowest BCUT2D eigenvalue weighted by molar-refractivity contribution is 0.451. The molecule has 66 valence electrons. The van der Waals surface area contributed by atoms with E-state index >= 15 is 0 Å². The third-order valence-electron chi connectivity index (χ3n) is 1.11. The molecule has 0 atom stereocenters. The van der Waals surface area contributed by atoms with Gasteiger partial charge in [0.05, 0.1) is 0 Å². The Kier molecular flexibility index (Phi) is 2.16. The summed E-state index contributed by atoms with van der Waals surface area (Å²) in [6.07, 6.45) is 0.177. The smallest absolute Gasteiger partial charge is 0.230 e. The molecule has 0 aromatic heterocycles. The van der Waals surface area contributed by atoms with Crippen molar-refractivity contribution in [2.45, 2.75) is 0 Å². The molecule has 0 saturated carbocycles. The average Bonchev–Trinajstić information content (AvgIpc) is 2.14. The van der Waals surface area contributed by atoms with Crippen molar-refractivity contribution in [3.63, 3.8) is 0 Å². The molecule has 0 unspecified atom stereocenters. The first-order valence-electron chi connectivity index (χ1n) is 2.77. The van der Waals surface area contributed by atoms with Crippen LogP contribution in [0.2, 0.25) is 0 Å². The first-order valence-corrected chi connectivity index (χ1v) is 2.77. The Morgan fingerprint density at radius 2 is 1.42 bits per heavy atom. The van der Waals surface area contributed by atoms with Crippen LogP contribution in [0.3, 0.4) is 0 Å². The van der Waals surface area contributed by atoms with Gasteiger partial charge in [-0.15, -0.1) is 0 Å². The van der Waals surface area contributed by atoms with Crippen molar-refractivity contribution in [1.29, 1.82) is 0 Å². The molecule has 0 aliphatic carbocycles. The second-order valence-corrected chi connectivity index (χ2v) is 1.89. The number of nitrogens with one attached hydrogen (secondary N) is 1. The molecule has 1 N–H and O–H groups in total. The lowest BCUT2D eigenvalue weighted by Gasteiger charge is -1.93. The van der Waals surface area contributed by atoms with E-state index < -0.39 is 29.3 Å². The summed E-state index contributed by atoms with van der Waals surface area (Å²) < 4.78 is 61.1. The van der Waals surface area contributed by atoms with Crippen LogP contribution < -0.4 is 5.32 Å². The summed E-state index contributed by atoms with van der Waals surface area (Å²) in [7, 11) is 0. The lowest BCUT2D eigenvalue weighted by atomic mass is 10.4. The van der Waals surface area contributed by atoms with Crippen LogP contribution >= 0.6 is 0 Å². The molecular weight excluding hydrogens is 181 g/mol. The molecule has 6 heteroatoms. The summed E-state index contributed by atoms with van der Waals surface area (Å²) in [5.74, 6) is -9.80. The summed E-state index contributed by atoms with van der Waals surface area (Å²) in [4.78, 5) is 0. The Hall–Kier alpha value is -1.33. The van der Waals surface area contributed by atoms with Crippen molar-refractivity contribution >= 4 is 0 Å². The van der Waals surface area contributed by atoms with Gasteiger partial charge in [0, 0.05) is 6.20 Å². The molecule has 0 fully saturated rings. The molecule has 0 saturated heterocycles. The van der Waals surface area contributed by atoms with E-state index in [1.807, 2.05) is 0 Å². The van der Waals surface area contributed by atoms with Crippen LogP contribution in [-0.2, 0) is 0 Å². The summed E-state index contributed by atoms with van der Waals surface area (Å²) >= 11 is 0. The van der Waals surface area contributed by atoms with E-state index in [-0.39, 0.29) is 6.20 Å². The zero-order valence-corrected chi connectivity index (χ0v) is 5.47. The standard InChI is InChI=1S/C6H2F5N/c7-2-1-12-6(11)5(10)4(9)3(2)8/h1,12H. The van der Waals surface area contributed by atoms with Gasteiger partial charge < -0.3 is 5.32 Å². The molecule has 0 aromatic rings. The molecule has 1 heterocycles. The Labute approximate surface area is 63.9 Å². The second-order valence-electron chi connectivity index (χ2n) is 1.89. The molecule has 0 aromatic carbocycles. The van der Waals surface area contributed by atoms with Gasteiger partial charge in [0.15, 0.2) is 11.7 Å². The van der Waals surface area contributed by atoms with E-state index in [4.69, 9.17) is 0 Å². The van der Waals surface area contributed by atoms with Crippen LogP contribution in [-0.4, -0.2) is 0 Å². The van der Waals surface area contributed by atoms with Gasteiger partial charge in [0.2, 0.25) is 17.6 Å². The third kappa shape index (κ3) is 1.32. The van der Waals surface area contributed by atoms with E-state index in [1.54, 1.807) is 0 Å². The number of hydrogen-bond acceptors (Lipinski definition) is 1. The van der Waals surface area contributed by atoms with Gasteiger partial charge in [-0.05, 0) is 0 Å². The number of halogens is 5. The van der Waals surface area contributed by atoms with Crippen molar-refractivity contribution in [1.82, 2.24) is 5.32 Å². The fourth-order valence-electron chi connectivity index (χ4n) is 0.551. The topological polar surface area (TPSA) is 12.0 Å². The second kappa shape index (κ2) is 2.96. The number of rotatable bonds is 0. The Morgan fingerprint density at radius 3 is 2.00 bits per heavy atom. The highest BCUT2D eigenvalue weighted by atomic mass is 19.2. The lowest BCUT2D eigenvalue weighted by Crippen LogP contribution is -2.00. The van der Waals surface area contributed by atoms with Crippen LogP contribution in [0.15, 0.2) is 35.5 Å². The maximum absolute atomic E-state index is 12.2. The molecule has 0 bridgehead atoms. The third-order valence-corrected chi connectivity index (χ3v) is 1.11. The Morgan fingerprint density at radius 1 is 0.833 bits per heavy atom. The van der Waals surface area contributed by atoms with E-state index in [0.717, 1.165) is 0 Å². The maximum Gasteiger partial charge on any atom is 0.230 e. The van der Waals surface area contributed by atoms with E-state index in [0.29, 0.717) is 0 Å². The number of allylic oxidation sites excluding steroid dienone is 4. The van der Waals surface area contributed by atoms with E-state index in [9.17, 15) is 22.0 Å². The normalized spacial score (nSPS) is 18.9. The SMILES string of the molecule is FC1=CNC(F)=C(F)C(F)=C1F. The first kappa shape index (κ1) is 8.76. The molecule has 1 rings (SSSR count). The van der Waals surface area contributed by atoms with Gasteiger partial charge in [0.25, 0.3) is 0 Å². The van der Waals surface area contributed by atoms with Gasteiger partial charge in [-0.25, -0.2) is 13.2 Å². The molecule has 1 aliphatic heterocycles. The summed E-state index contributed by atoms with van der Waals surface area (Å²) in [6, 6.07) is 0. The van der Waals surface area contributed by atoms with Gasteiger partial charge in [-0.2, -0.15) is 8.78 Å². The van der Waals surface area contributed by atoms with Crippen molar-refractivity contribution in [3.05, 3.63) is 35.5 Å². The van der Waals surface area contributed by atoms with Crippen molar-refractivity contribution < 1.29 is 22.0 Å². The number of hydrogen-bond donors (Lipinski definition) is 1. The van der Waals surface area contributed by atoms with Crippen LogP contribution in [0.4, 0.5) is 22.0 Å². The van der Waals surface area contributed by atoms with Crippen LogP contribution in [0, 0.1) is 0 Å². The maximum atomic E-state index is 12.2. The van der Waals surface area contributed by atoms with Crippen LogP contribution in [0.1, 0.15) is 0 Å². The quantitative estimate of drug-likeness (QED) is 0.449. The first-order chi connectivity index (χ1) is 5.54. The van der Waals surface area contributed by atoms with Crippen LogP contribution in [0.25, 0.3) is 0 Å². The van der Waals surface area contributed by atoms with Gasteiger partial charge in [-0.3, -0.25) is 0 Å². The fourth-order valence-corrected chi connectivity index (χ4v) is 0.551. The molecule has 0 spiro atoms. The van der Waals surface area contributed by atoms with Gasteiger partial charge >= 0.3 is 0 Å². The van der Waals surface area contributed by atoms with Crippen LogP contribution in [0.5, 0.6) is 0 Å². The average molecular weight is 183 g/mol. The Balaban J connectivity index is 3.23. The summed E-state index contributed by atoms with van der Waals surface area (Å²) in [5.41, 5.74) is 0. The molecule has 0 radical (unpaired) electrons. The minimum Gasteiger partial charge on any atom is -0.333 e. The van der Waals surface area contributed by atoms with E-state index in [2.05, 4.69) is 0 Å². The minimum absolute atomic E-state index is 0.177. The van der Waals surface area contributed by atoms with Crippen molar-refractivity contribution in [2.75, 3.05) is 0 Å². The summed E-state index contributed by atoms with van der Waals surface area (Å²) in [6.45, 7) is 0. The molecule has 1 aliphatic rings. The molecule has 12 heavy (non-hydrogen) atoms. The van der Waals surface area contributed by atoms with E-state index in [1.165, 1.54) is 5.32 Å². The van der Waals surface area contributed by atoms with Crippen molar-refractivity contribution in [3.8, 4) is 0 Å². The minimum atomic E-state index is -2.19. The highest BCUT2D eigenvalue weighted by Crippen LogP contribution is 2.28. The molecule has 1 nitrogen and oxygen atoms in total. The zero-order valence-electron chi connectivity index (χ0n) is 5.47. The Bertz CT molecular complexity index is 301. The monoisotopic (exact) mass is 183 g/mol. The highest BCUT2D eigenvalue weighted by molar-refractivity contribution is 5.35.